The average molecular weight is 1490 g/mol. The van der Waals surface area contributed by atoms with Gasteiger partial charge in [0.05, 0.1) is 38.6 Å². The van der Waals surface area contributed by atoms with Crippen molar-refractivity contribution in [2.75, 3.05) is 33.0 Å². The van der Waals surface area contributed by atoms with Gasteiger partial charge in [0, 0.05) is 63.4 Å². The van der Waals surface area contributed by atoms with Gasteiger partial charge in [-0.05, 0) is 248 Å². The van der Waals surface area contributed by atoms with E-state index in [4.69, 9.17) is 64.7 Å². The summed E-state index contributed by atoms with van der Waals surface area (Å²) < 4.78 is 101. The number of carbonyl (C=O) groups is 2. The lowest BCUT2D eigenvalue weighted by Crippen LogP contribution is -2.44. The normalized spacial score (nSPS) is 14.4. The van der Waals surface area contributed by atoms with Crippen molar-refractivity contribution in [1.29, 1.82) is 0 Å². The molecule has 9 rings (SSSR count). The molecule has 10 nitrogen and oxygen atoms in total. The molecular formula is C82H110F6O10S2Si2. The lowest BCUT2D eigenvalue weighted by molar-refractivity contribution is 0.0191. The van der Waals surface area contributed by atoms with Crippen molar-refractivity contribution in [3.8, 4) is 34.5 Å². The van der Waals surface area contributed by atoms with E-state index >= 15 is 0 Å². The standard InChI is InChI=1S/C82H110O10S2Si2.3F2/c1-10-13-16-18-20-23-51-85-65-38-36-64(37-39-65)81(83)90-66-40-32-62(33-41-66)63-34-42-67(43-35-63)91-82(84)73-47-44-68(87-52-24-21-19-17-14-11-2)57-76(73)89-54-25-22-27-55-95(6,7)92-96(8,9)56-28-26-53-88-70-46-49-75-78(59-70)94-61(5)80(75)72-31-29-30-71(72)79-60(4)93-77-58-69(45-48-74(77)79)86-50-15-12-3;3*1-2/h12,32-33,36-41,44-49,57-59,63,67H,3,10-11,13-31,34-35,42-43,50-56H2,1-2,4-9H3;;;. The zero-order chi connectivity index (χ0) is 73.7. The van der Waals surface area contributed by atoms with Crippen molar-refractivity contribution in [2.45, 2.75) is 239 Å². The Bertz CT molecular complexity index is 3640. The van der Waals surface area contributed by atoms with Gasteiger partial charge in [0.15, 0.2) is 16.6 Å². The van der Waals surface area contributed by atoms with Crippen molar-refractivity contribution >= 4 is 82.6 Å². The van der Waals surface area contributed by atoms with Crippen LogP contribution >= 0.6 is 22.7 Å². The SMILES string of the molecule is C=CCCOc1ccc2c(C3=C(c4c(C)sc5cc(OCCCC[Si](C)(C)O[Si](C)(C)CCCCCOc6cc(OCCCCCCCC)ccc6C(=O)OC6CCC(c7ccc(OC(=O)c8ccc(OCCCCCCCC)cc8)cc7)CC6)ccc45)CCC3)c(C)sc2c1.FF.FF.FF. The molecule has 2 heterocycles. The molecule has 0 amide bonds. The highest BCUT2D eigenvalue weighted by Crippen LogP contribution is 2.50. The summed E-state index contributed by atoms with van der Waals surface area (Å²) in [6.07, 6.45) is 28.7. The van der Waals surface area contributed by atoms with Crippen LogP contribution in [0.25, 0.3) is 31.3 Å². The number of rotatable bonds is 42. The lowest BCUT2D eigenvalue weighted by atomic mass is 9.83. The maximum atomic E-state index is 14.0. The van der Waals surface area contributed by atoms with Crippen LogP contribution in [-0.4, -0.2) is 67.7 Å². The first-order valence-corrected chi connectivity index (χ1v) is 44.9. The van der Waals surface area contributed by atoms with Crippen LogP contribution in [0.15, 0.2) is 116 Å². The van der Waals surface area contributed by atoms with Crippen LogP contribution in [0.3, 0.4) is 0 Å². The van der Waals surface area contributed by atoms with Crippen LogP contribution in [0, 0.1) is 13.8 Å². The molecule has 1 fully saturated rings. The molecule has 0 bridgehead atoms. The quantitative estimate of drug-likeness (QED) is 0.00917. The third kappa shape index (κ3) is 26.8. The Morgan fingerprint density at radius 1 is 0.490 bits per heavy atom. The fraction of sp³-hybridized carbons (Fsp3) is 0.512. The highest BCUT2D eigenvalue weighted by Gasteiger charge is 2.33. The van der Waals surface area contributed by atoms with E-state index in [9.17, 15) is 9.59 Å². The number of esters is 2. The third-order valence-electron chi connectivity index (χ3n) is 19.1. The van der Waals surface area contributed by atoms with Crippen molar-refractivity contribution in [1.82, 2.24) is 0 Å². The number of ether oxygens (including phenoxy) is 7. The first-order valence-electron chi connectivity index (χ1n) is 37.0. The molecule has 7 aromatic rings. The van der Waals surface area contributed by atoms with Gasteiger partial charge in [-0.1, -0.05) is 116 Å². The van der Waals surface area contributed by atoms with Gasteiger partial charge in [-0.25, -0.2) is 9.59 Å². The maximum Gasteiger partial charge on any atom is 0.343 e. The molecule has 0 spiro atoms. The average Bonchev–Trinajstić information content (AvgIpc) is 1.60. The van der Waals surface area contributed by atoms with Crippen molar-refractivity contribution in [2.24, 2.45) is 0 Å². The van der Waals surface area contributed by atoms with Crippen molar-refractivity contribution < 1.29 is 74.3 Å². The Hall–Kier alpha value is -6.59. The number of unbranched alkanes of at least 4 members (excludes halogenated alkanes) is 13. The minimum Gasteiger partial charge on any atom is -0.494 e. The molecule has 560 valence electrons. The number of carbonyl (C=O) groups excluding carboxylic acids is 2. The van der Waals surface area contributed by atoms with E-state index < -0.39 is 22.6 Å². The van der Waals surface area contributed by atoms with Crippen molar-refractivity contribution in [3.05, 3.63) is 153 Å². The first-order chi connectivity index (χ1) is 49.6. The molecule has 0 N–H and O–H groups in total. The summed E-state index contributed by atoms with van der Waals surface area (Å²) in [4.78, 5) is 29.8. The summed E-state index contributed by atoms with van der Waals surface area (Å²) in [6.45, 7) is 25.6. The summed E-state index contributed by atoms with van der Waals surface area (Å²) in [5.41, 5.74) is 8.01. The number of hydrogen-bond acceptors (Lipinski definition) is 12. The Morgan fingerprint density at radius 2 is 0.922 bits per heavy atom. The number of hydrogen-bond donors (Lipinski definition) is 0. The molecule has 2 aromatic heterocycles. The van der Waals surface area contributed by atoms with Gasteiger partial charge >= 0.3 is 11.9 Å². The minimum absolute atomic E-state index is 0.186. The summed E-state index contributed by atoms with van der Waals surface area (Å²) in [5, 5.41) is 2.68. The van der Waals surface area contributed by atoms with Crippen LogP contribution in [0.5, 0.6) is 34.5 Å². The fourth-order valence-corrected chi connectivity index (χ4v) is 25.2. The van der Waals surface area contributed by atoms with Gasteiger partial charge in [-0.3, -0.25) is 0 Å². The second-order valence-corrected chi connectivity index (χ2v) is 39.3. The van der Waals surface area contributed by atoms with Crippen LogP contribution in [0.2, 0.25) is 38.3 Å². The van der Waals surface area contributed by atoms with Gasteiger partial charge in [0.25, 0.3) is 0 Å². The van der Waals surface area contributed by atoms with E-state index in [1.54, 1.807) is 12.1 Å². The van der Waals surface area contributed by atoms with Crippen LogP contribution < -0.4 is 28.4 Å². The van der Waals surface area contributed by atoms with E-state index in [0.29, 0.717) is 67.3 Å². The van der Waals surface area contributed by atoms with E-state index in [-0.39, 0.29) is 12.1 Å². The smallest absolute Gasteiger partial charge is 0.343 e. The molecular weight excluding hydrogens is 1380 g/mol. The maximum absolute atomic E-state index is 14.0. The molecule has 2 aliphatic carbocycles. The molecule has 0 radical (unpaired) electrons. The van der Waals surface area contributed by atoms with E-state index in [0.717, 1.165) is 126 Å². The van der Waals surface area contributed by atoms with Gasteiger partial charge in [0.2, 0.25) is 0 Å². The monoisotopic (exact) mass is 1490 g/mol. The fourth-order valence-electron chi connectivity index (χ4n) is 14.0. The Kier molecular flexibility index (Phi) is 37.7. The lowest BCUT2D eigenvalue weighted by Gasteiger charge is -2.34. The molecule has 0 atom stereocenters. The van der Waals surface area contributed by atoms with Gasteiger partial charge in [-0.15, -0.1) is 29.3 Å². The highest BCUT2D eigenvalue weighted by molar-refractivity contribution is 7.19. The summed E-state index contributed by atoms with van der Waals surface area (Å²) >= 11 is 3.78. The molecule has 0 aliphatic heterocycles. The minimum atomic E-state index is -1.91. The third-order valence-corrected chi connectivity index (χ3v) is 28.7. The number of halogens is 6. The second-order valence-electron chi connectivity index (χ2n) is 28.0. The Morgan fingerprint density at radius 3 is 1.45 bits per heavy atom. The molecule has 1 saturated carbocycles. The Balaban J connectivity index is 0.00000265. The number of fused-ring (bicyclic) bond motifs is 2. The predicted octanol–water partition coefficient (Wildman–Crippen LogP) is 26.7. The number of allylic oxidation sites excluding steroid dienone is 2. The van der Waals surface area contributed by atoms with E-state index in [1.165, 1.54) is 122 Å². The molecule has 0 saturated heterocycles. The highest BCUT2D eigenvalue weighted by atomic mass is 32.1. The van der Waals surface area contributed by atoms with E-state index in [1.807, 2.05) is 71.2 Å². The summed E-state index contributed by atoms with van der Waals surface area (Å²) in [5.74, 6) is 3.96. The summed E-state index contributed by atoms with van der Waals surface area (Å²) in [6, 6.07) is 36.2. The number of thiophene rings is 2. The van der Waals surface area contributed by atoms with Crippen LogP contribution in [-0.2, 0) is 8.85 Å². The topological polar surface area (TPSA) is 108 Å². The number of benzene rings is 5. The molecule has 102 heavy (non-hydrogen) atoms. The molecule has 20 heteroatoms. The van der Waals surface area contributed by atoms with Gasteiger partial charge in [0.1, 0.15) is 46.2 Å². The van der Waals surface area contributed by atoms with Gasteiger partial charge in [-0.2, -0.15) is 0 Å². The first kappa shape index (κ1) is 84.4. The second kappa shape index (κ2) is 45.6. The zero-order valence-electron chi connectivity index (χ0n) is 61.5. The van der Waals surface area contributed by atoms with Crippen molar-refractivity contribution in [3.63, 3.8) is 0 Å². The molecule has 0 unspecified atom stereocenters. The zero-order valence-corrected chi connectivity index (χ0v) is 65.2. The predicted molar refractivity (Wildman–Crippen MR) is 413 cm³/mol. The van der Waals surface area contributed by atoms with E-state index in [2.05, 4.69) is 109 Å². The van der Waals surface area contributed by atoms with Crippen LogP contribution in [0.4, 0.5) is 27.4 Å². The molecule has 2 aliphatic rings. The summed E-state index contributed by atoms with van der Waals surface area (Å²) in [7, 11) is -3.81. The molecule has 5 aromatic carbocycles. The van der Waals surface area contributed by atoms with Crippen LogP contribution in [0.1, 0.15) is 227 Å². The Labute approximate surface area is 612 Å². The van der Waals surface area contributed by atoms with Gasteiger partial charge < -0.3 is 37.3 Å². The number of aryl methyl sites for hydroxylation is 2. The largest absolute Gasteiger partial charge is 0.494 e.